The molecule has 0 aliphatic carbocycles. The molecule has 0 spiro atoms. The van der Waals surface area contributed by atoms with Crippen molar-refractivity contribution in [1.29, 1.82) is 0 Å². The van der Waals surface area contributed by atoms with E-state index in [0.717, 1.165) is 88.3 Å². The monoisotopic (exact) mass is 667 g/mol. The maximum absolute atomic E-state index is 6.92. The summed E-state index contributed by atoms with van der Waals surface area (Å²) in [5.41, 5.74) is 8.21. The Morgan fingerprint density at radius 1 is 0.462 bits per heavy atom. The van der Waals surface area contributed by atoms with Gasteiger partial charge in [-0.3, -0.25) is 0 Å². The summed E-state index contributed by atoms with van der Waals surface area (Å²) in [4.78, 5) is 10.4. The number of fused-ring (bicyclic) bond motifs is 8. The number of nitrogens with one attached hydrogen (secondary N) is 1. The predicted molar refractivity (Wildman–Crippen MR) is 213 cm³/mol. The lowest BCUT2D eigenvalue weighted by Crippen LogP contribution is -2.33. The lowest BCUT2D eigenvalue weighted by molar-refractivity contribution is 0.665. The number of benzene rings is 8. The van der Waals surface area contributed by atoms with E-state index in [4.69, 9.17) is 18.8 Å². The van der Waals surface area contributed by atoms with Crippen LogP contribution in [0.15, 0.2) is 183 Å². The van der Waals surface area contributed by atoms with Gasteiger partial charge < -0.3 is 14.2 Å². The van der Waals surface area contributed by atoms with Crippen LogP contribution in [0.5, 0.6) is 0 Å². The van der Waals surface area contributed by atoms with Crippen LogP contribution in [0.3, 0.4) is 0 Å². The maximum atomic E-state index is 6.92. The summed E-state index contributed by atoms with van der Waals surface area (Å²) in [6.07, 6.45) is -0.356. The third-order valence-electron chi connectivity index (χ3n) is 10.3. The van der Waals surface area contributed by atoms with E-state index in [1.54, 1.807) is 0 Å². The number of hydrogen-bond donors (Lipinski definition) is 1. The van der Waals surface area contributed by atoms with Gasteiger partial charge >= 0.3 is 0 Å². The van der Waals surface area contributed by atoms with Gasteiger partial charge in [0.05, 0.1) is 0 Å². The summed E-state index contributed by atoms with van der Waals surface area (Å²) in [5, 5.41) is 12.6. The van der Waals surface area contributed by atoms with Crippen LogP contribution in [0.1, 0.15) is 22.9 Å². The standard InChI is InChI=1S/C47H29N3O2/c1-2-12-29(13-3-1)45-48-46(33-22-21-28-11-4-5-14-30(28)25-33)50-47(49-45)38-24-23-37(36-19-10-18-35-34-17-8-9-20-40(34)51-43(35)36)44-42(38)39-26-31-15-6-7-16-32(31)27-41(39)52-44/h1-27,46H,(H,48,49,50). The maximum Gasteiger partial charge on any atom is 0.159 e. The Hall–Kier alpha value is -6.98. The molecule has 0 radical (unpaired) electrons. The molecule has 8 aromatic carbocycles. The number of rotatable bonds is 4. The van der Waals surface area contributed by atoms with E-state index in [1.165, 1.54) is 10.8 Å². The average molecular weight is 668 g/mol. The fourth-order valence-electron chi connectivity index (χ4n) is 7.79. The minimum atomic E-state index is -0.356. The second-order valence-electron chi connectivity index (χ2n) is 13.4. The van der Waals surface area contributed by atoms with Gasteiger partial charge in [-0.25, -0.2) is 9.98 Å². The van der Waals surface area contributed by atoms with Crippen LogP contribution in [0, 0.1) is 0 Å². The Kier molecular flexibility index (Phi) is 6.25. The zero-order chi connectivity index (χ0) is 34.2. The van der Waals surface area contributed by atoms with Crippen molar-refractivity contribution >= 4 is 77.1 Å². The van der Waals surface area contributed by atoms with Crippen LogP contribution >= 0.6 is 0 Å². The van der Waals surface area contributed by atoms with Crippen molar-refractivity contribution in [3.8, 4) is 11.1 Å². The first-order chi connectivity index (χ1) is 25.7. The van der Waals surface area contributed by atoms with E-state index in [-0.39, 0.29) is 6.17 Å². The van der Waals surface area contributed by atoms with Crippen molar-refractivity contribution < 1.29 is 8.83 Å². The summed E-state index contributed by atoms with van der Waals surface area (Å²) in [7, 11) is 0. The van der Waals surface area contributed by atoms with E-state index in [2.05, 4.69) is 139 Å². The van der Waals surface area contributed by atoms with Gasteiger partial charge in [-0.1, -0.05) is 127 Å². The van der Waals surface area contributed by atoms with Gasteiger partial charge in [0.1, 0.15) is 34.3 Å². The first-order valence-electron chi connectivity index (χ1n) is 17.5. The zero-order valence-corrected chi connectivity index (χ0v) is 27.9. The van der Waals surface area contributed by atoms with Gasteiger partial charge in [0.2, 0.25) is 0 Å². The van der Waals surface area contributed by atoms with Crippen molar-refractivity contribution in [2.75, 3.05) is 0 Å². The fourth-order valence-corrected chi connectivity index (χ4v) is 7.79. The third kappa shape index (κ3) is 4.49. The molecule has 52 heavy (non-hydrogen) atoms. The molecule has 11 rings (SSSR count). The Balaban J connectivity index is 1.17. The molecule has 1 unspecified atom stereocenters. The Labute approximate surface area is 298 Å². The Morgan fingerprint density at radius 2 is 1.13 bits per heavy atom. The molecule has 5 heteroatoms. The molecule has 5 nitrogen and oxygen atoms in total. The topological polar surface area (TPSA) is 63.0 Å². The largest absolute Gasteiger partial charge is 0.455 e. The molecule has 1 atom stereocenters. The summed E-state index contributed by atoms with van der Waals surface area (Å²) in [5.74, 6) is 1.41. The number of nitrogens with zero attached hydrogens (tertiary/aromatic N) is 2. The van der Waals surface area contributed by atoms with Crippen LogP contribution in [-0.4, -0.2) is 11.7 Å². The van der Waals surface area contributed by atoms with Gasteiger partial charge in [0, 0.05) is 43.8 Å². The van der Waals surface area contributed by atoms with E-state index < -0.39 is 0 Å². The molecule has 1 aliphatic rings. The van der Waals surface area contributed by atoms with Crippen LogP contribution in [0.25, 0.3) is 76.5 Å². The highest BCUT2D eigenvalue weighted by Gasteiger charge is 2.26. The molecule has 2 aromatic heterocycles. The molecule has 0 amide bonds. The number of furan rings is 2. The highest BCUT2D eigenvalue weighted by Crippen LogP contribution is 2.43. The van der Waals surface area contributed by atoms with Crippen molar-refractivity contribution in [3.63, 3.8) is 0 Å². The lowest BCUT2D eigenvalue weighted by atomic mass is 9.95. The Bertz CT molecular complexity index is 3110. The van der Waals surface area contributed by atoms with Crippen LogP contribution < -0.4 is 5.32 Å². The zero-order valence-electron chi connectivity index (χ0n) is 27.9. The molecule has 0 saturated carbocycles. The minimum absolute atomic E-state index is 0.356. The summed E-state index contributed by atoms with van der Waals surface area (Å²) < 4.78 is 13.5. The molecule has 0 bridgehead atoms. The van der Waals surface area contributed by atoms with E-state index in [1.807, 2.05) is 30.3 Å². The average Bonchev–Trinajstić information content (AvgIpc) is 3.78. The number of hydrogen-bond acceptors (Lipinski definition) is 5. The first kappa shape index (κ1) is 28.8. The summed E-state index contributed by atoms with van der Waals surface area (Å²) in [6.45, 7) is 0. The molecule has 244 valence electrons. The second kappa shape index (κ2) is 11.3. The number of amidine groups is 2. The molecular formula is C47H29N3O2. The highest BCUT2D eigenvalue weighted by atomic mass is 16.3. The molecule has 3 heterocycles. The fraction of sp³-hybridized carbons (Fsp3) is 0.0213. The second-order valence-corrected chi connectivity index (χ2v) is 13.4. The Morgan fingerprint density at radius 3 is 2.00 bits per heavy atom. The normalized spacial score (nSPS) is 14.7. The van der Waals surface area contributed by atoms with Gasteiger partial charge in [-0.15, -0.1) is 0 Å². The van der Waals surface area contributed by atoms with E-state index in [0.29, 0.717) is 5.84 Å². The highest BCUT2D eigenvalue weighted by molar-refractivity contribution is 6.25. The molecule has 0 fully saturated rings. The van der Waals surface area contributed by atoms with Crippen LogP contribution in [-0.2, 0) is 0 Å². The quantitative estimate of drug-likeness (QED) is 0.203. The molecule has 1 N–H and O–H groups in total. The lowest BCUT2D eigenvalue weighted by Gasteiger charge is -2.24. The summed E-state index contributed by atoms with van der Waals surface area (Å²) in [6, 6.07) is 56.8. The number of para-hydroxylation sites is 2. The van der Waals surface area contributed by atoms with Crippen LogP contribution in [0.4, 0.5) is 0 Å². The van der Waals surface area contributed by atoms with Crippen molar-refractivity contribution in [2.24, 2.45) is 9.98 Å². The smallest absolute Gasteiger partial charge is 0.159 e. The van der Waals surface area contributed by atoms with Gasteiger partial charge in [0.15, 0.2) is 5.84 Å². The van der Waals surface area contributed by atoms with E-state index >= 15 is 0 Å². The first-order valence-corrected chi connectivity index (χ1v) is 17.5. The van der Waals surface area contributed by atoms with Crippen molar-refractivity contribution in [2.45, 2.75) is 6.17 Å². The molecule has 1 aliphatic heterocycles. The molecule has 10 aromatic rings. The van der Waals surface area contributed by atoms with Gasteiger partial charge in [-0.05, 0) is 63.5 Å². The van der Waals surface area contributed by atoms with Crippen molar-refractivity contribution in [3.05, 3.63) is 180 Å². The molecule has 0 saturated heterocycles. The van der Waals surface area contributed by atoms with Crippen molar-refractivity contribution in [1.82, 2.24) is 5.32 Å². The predicted octanol–water partition coefficient (Wildman–Crippen LogP) is 12.0. The third-order valence-corrected chi connectivity index (χ3v) is 10.3. The summed E-state index contributed by atoms with van der Waals surface area (Å²) >= 11 is 0. The van der Waals surface area contributed by atoms with Gasteiger partial charge in [-0.2, -0.15) is 0 Å². The van der Waals surface area contributed by atoms with E-state index in [9.17, 15) is 0 Å². The van der Waals surface area contributed by atoms with Crippen LogP contribution in [0.2, 0.25) is 0 Å². The number of aliphatic imine (C=N–C) groups is 2. The minimum Gasteiger partial charge on any atom is -0.455 e. The van der Waals surface area contributed by atoms with Gasteiger partial charge in [0.25, 0.3) is 0 Å². The molecular weight excluding hydrogens is 639 g/mol. The SMILES string of the molecule is c1ccc(C2=NC(c3ccc4ccccc4c3)NC(c3ccc(-c4cccc5c4oc4ccccc45)c4oc5cc6ccccc6cc5c34)=N2)cc1.